The first-order valence-electron chi connectivity index (χ1n) is 17.1. The third-order valence-electron chi connectivity index (χ3n) is 9.64. The largest absolute Gasteiger partial charge is 0.248 e. The topological polar surface area (TPSA) is 12.9 Å². The highest BCUT2D eigenvalue weighted by molar-refractivity contribution is 6.22. The van der Waals surface area contributed by atoms with E-state index in [9.17, 15) is 0 Å². The van der Waals surface area contributed by atoms with Crippen molar-refractivity contribution in [3.63, 3.8) is 0 Å². The van der Waals surface area contributed by atoms with Crippen LogP contribution in [0.15, 0.2) is 200 Å². The number of aromatic nitrogens is 1. The molecule has 0 N–H and O–H groups in total. The highest BCUT2D eigenvalue weighted by atomic mass is 14.7. The normalized spacial score (nSPS) is 11.2. The summed E-state index contributed by atoms with van der Waals surface area (Å²) in [6.07, 6.45) is 0. The summed E-state index contributed by atoms with van der Waals surface area (Å²) in [5.41, 5.74) is 13.8. The minimum absolute atomic E-state index is 0.964. The van der Waals surface area contributed by atoms with E-state index in [4.69, 9.17) is 4.98 Å². The van der Waals surface area contributed by atoms with Crippen molar-refractivity contribution in [2.45, 2.75) is 0 Å². The SMILES string of the molecule is c1ccc(-c2cc(-c3cccc(-c4ccc5c(-c6ccccc6)c6ccccc6c(-c6ccccc6)c5c4)c3)cc(-c3ccccc3)n2)cc1. The maximum absolute atomic E-state index is 5.11. The van der Waals surface area contributed by atoms with Crippen molar-refractivity contribution in [3.8, 4) is 67.0 Å². The molecule has 1 heterocycles. The molecular weight excluding hydrogens is 603 g/mol. The Kier molecular flexibility index (Phi) is 7.57. The Morgan fingerprint density at radius 3 is 1.12 bits per heavy atom. The summed E-state index contributed by atoms with van der Waals surface area (Å²) in [5, 5.41) is 5.02. The zero-order valence-electron chi connectivity index (χ0n) is 27.5. The Bertz CT molecular complexity index is 2550. The molecule has 0 amide bonds. The molecule has 0 aliphatic heterocycles. The van der Waals surface area contributed by atoms with Crippen molar-refractivity contribution in [2.75, 3.05) is 0 Å². The fourth-order valence-corrected chi connectivity index (χ4v) is 7.28. The lowest BCUT2D eigenvalue weighted by Gasteiger charge is -2.19. The number of fused-ring (bicyclic) bond motifs is 2. The molecule has 0 atom stereocenters. The van der Waals surface area contributed by atoms with Gasteiger partial charge in [-0.25, -0.2) is 4.98 Å². The molecule has 0 radical (unpaired) electrons. The minimum Gasteiger partial charge on any atom is -0.248 e. The lowest BCUT2D eigenvalue weighted by atomic mass is 9.85. The summed E-state index contributed by atoms with van der Waals surface area (Å²) in [5.74, 6) is 0. The quantitative estimate of drug-likeness (QED) is 0.166. The third kappa shape index (κ3) is 5.45. The van der Waals surface area contributed by atoms with Crippen LogP contribution in [0.3, 0.4) is 0 Å². The summed E-state index contributed by atoms with van der Waals surface area (Å²) in [7, 11) is 0. The van der Waals surface area contributed by atoms with Crippen LogP contribution >= 0.6 is 0 Å². The number of pyridine rings is 1. The van der Waals surface area contributed by atoms with Crippen LogP contribution in [0.4, 0.5) is 0 Å². The third-order valence-corrected chi connectivity index (χ3v) is 9.64. The van der Waals surface area contributed by atoms with Gasteiger partial charge in [-0.15, -0.1) is 0 Å². The van der Waals surface area contributed by atoms with E-state index >= 15 is 0 Å². The van der Waals surface area contributed by atoms with Crippen LogP contribution in [0.2, 0.25) is 0 Å². The molecule has 1 aromatic heterocycles. The molecular formula is C49H33N. The van der Waals surface area contributed by atoms with Gasteiger partial charge in [0.25, 0.3) is 0 Å². The van der Waals surface area contributed by atoms with Gasteiger partial charge in [0.1, 0.15) is 0 Å². The average Bonchev–Trinajstić information content (AvgIpc) is 3.21. The second-order valence-electron chi connectivity index (χ2n) is 12.7. The second-order valence-corrected chi connectivity index (χ2v) is 12.7. The van der Waals surface area contributed by atoms with Crippen LogP contribution in [0.5, 0.6) is 0 Å². The molecule has 0 saturated carbocycles. The molecule has 234 valence electrons. The van der Waals surface area contributed by atoms with Gasteiger partial charge < -0.3 is 0 Å². The monoisotopic (exact) mass is 635 g/mol. The predicted molar refractivity (Wildman–Crippen MR) is 212 cm³/mol. The standard InChI is InChI=1S/C49H33N/c1-5-16-34(17-6-1)46-32-41(33-47(50-46)35-18-7-2-8-19-35)39-25-15-24-38(30-39)40-28-29-44-45(31-40)49(37-22-11-4-12-23-37)43-27-14-13-26-42(43)48(44)36-20-9-3-10-21-36/h1-33H. The molecule has 0 bridgehead atoms. The molecule has 50 heavy (non-hydrogen) atoms. The molecule has 0 fully saturated rings. The number of hydrogen-bond acceptors (Lipinski definition) is 1. The number of benzene rings is 8. The van der Waals surface area contributed by atoms with Crippen LogP contribution in [0.25, 0.3) is 88.6 Å². The van der Waals surface area contributed by atoms with Gasteiger partial charge in [0.15, 0.2) is 0 Å². The van der Waals surface area contributed by atoms with E-state index in [-0.39, 0.29) is 0 Å². The van der Waals surface area contributed by atoms with E-state index in [2.05, 4.69) is 188 Å². The number of hydrogen-bond donors (Lipinski definition) is 0. The first-order valence-corrected chi connectivity index (χ1v) is 17.1. The van der Waals surface area contributed by atoms with Gasteiger partial charge in [-0.3, -0.25) is 0 Å². The van der Waals surface area contributed by atoms with Gasteiger partial charge in [0.2, 0.25) is 0 Å². The molecule has 0 unspecified atom stereocenters. The van der Waals surface area contributed by atoms with Crippen molar-refractivity contribution in [1.82, 2.24) is 4.98 Å². The zero-order valence-corrected chi connectivity index (χ0v) is 27.5. The summed E-state index contributed by atoms with van der Waals surface area (Å²) >= 11 is 0. The first kappa shape index (κ1) is 29.6. The lowest BCUT2D eigenvalue weighted by Crippen LogP contribution is -1.92. The lowest BCUT2D eigenvalue weighted by molar-refractivity contribution is 1.32. The molecule has 0 saturated heterocycles. The molecule has 1 nitrogen and oxygen atoms in total. The Labute approximate surface area is 292 Å². The predicted octanol–water partition coefficient (Wildman–Crippen LogP) is 13.4. The van der Waals surface area contributed by atoms with Gasteiger partial charge in [-0.05, 0) is 90.3 Å². The van der Waals surface area contributed by atoms with E-state index in [1.807, 2.05) is 12.1 Å². The van der Waals surface area contributed by atoms with Crippen molar-refractivity contribution in [3.05, 3.63) is 200 Å². The van der Waals surface area contributed by atoms with E-state index in [1.54, 1.807) is 0 Å². The number of nitrogens with zero attached hydrogens (tertiary/aromatic N) is 1. The van der Waals surface area contributed by atoms with E-state index < -0.39 is 0 Å². The van der Waals surface area contributed by atoms with Gasteiger partial charge in [0, 0.05) is 11.1 Å². The fourth-order valence-electron chi connectivity index (χ4n) is 7.28. The average molecular weight is 636 g/mol. The summed E-state index contributed by atoms with van der Waals surface area (Å²) < 4.78 is 0. The number of rotatable bonds is 6. The minimum atomic E-state index is 0.964. The molecule has 1 heteroatoms. The molecule has 0 aliphatic carbocycles. The highest BCUT2D eigenvalue weighted by Crippen LogP contribution is 2.45. The van der Waals surface area contributed by atoms with E-state index in [0.29, 0.717) is 0 Å². The smallest absolute Gasteiger partial charge is 0.0715 e. The van der Waals surface area contributed by atoms with Crippen molar-refractivity contribution < 1.29 is 0 Å². The Balaban J connectivity index is 1.25. The molecule has 9 rings (SSSR count). The summed E-state index contributed by atoms with van der Waals surface area (Å²) in [6.45, 7) is 0. The van der Waals surface area contributed by atoms with Crippen molar-refractivity contribution in [1.29, 1.82) is 0 Å². The maximum atomic E-state index is 5.11. The van der Waals surface area contributed by atoms with E-state index in [0.717, 1.165) is 33.6 Å². The van der Waals surface area contributed by atoms with Crippen molar-refractivity contribution >= 4 is 21.5 Å². The van der Waals surface area contributed by atoms with Gasteiger partial charge in [-0.2, -0.15) is 0 Å². The Hall–Kier alpha value is -6.57. The summed E-state index contributed by atoms with van der Waals surface area (Å²) in [6, 6.07) is 71.7. The van der Waals surface area contributed by atoms with Crippen LogP contribution in [-0.2, 0) is 0 Å². The van der Waals surface area contributed by atoms with Crippen LogP contribution in [0, 0.1) is 0 Å². The molecule has 0 aliphatic rings. The van der Waals surface area contributed by atoms with Gasteiger partial charge in [0.05, 0.1) is 11.4 Å². The van der Waals surface area contributed by atoms with Crippen LogP contribution in [-0.4, -0.2) is 4.98 Å². The van der Waals surface area contributed by atoms with Crippen LogP contribution < -0.4 is 0 Å². The Morgan fingerprint density at radius 2 is 0.600 bits per heavy atom. The molecule has 9 aromatic rings. The zero-order chi connectivity index (χ0) is 33.3. The molecule has 0 spiro atoms. The fraction of sp³-hybridized carbons (Fsp3) is 0. The Morgan fingerprint density at radius 1 is 0.220 bits per heavy atom. The first-order chi connectivity index (χ1) is 24.8. The maximum Gasteiger partial charge on any atom is 0.0715 e. The van der Waals surface area contributed by atoms with E-state index in [1.165, 1.54) is 54.9 Å². The second kappa shape index (κ2) is 12.8. The summed E-state index contributed by atoms with van der Waals surface area (Å²) in [4.78, 5) is 5.11. The molecule has 8 aromatic carbocycles. The van der Waals surface area contributed by atoms with Gasteiger partial charge in [-0.1, -0.05) is 176 Å². The van der Waals surface area contributed by atoms with Crippen molar-refractivity contribution in [2.24, 2.45) is 0 Å². The van der Waals surface area contributed by atoms with Gasteiger partial charge >= 0.3 is 0 Å². The highest BCUT2D eigenvalue weighted by Gasteiger charge is 2.18. The van der Waals surface area contributed by atoms with Crippen LogP contribution in [0.1, 0.15) is 0 Å².